The highest BCUT2D eigenvalue weighted by Gasteiger charge is 2.37. The molecule has 0 amide bonds. The number of benzene rings is 1. The molecule has 2 aromatic rings. The van der Waals surface area contributed by atoms with Gasteiger partial charge in [-0.3, -0.25) is 9.69 Å². The Morgan fingerprint density at radius 2 is 2.24 bits per heavy atom. The van der Waals surface area contributed by atoms with Crippen LogP contribution in [0.5, 0.6) is 0 Å². The van der Waals surface area contributed by atoms with Crippen LogP contribution in [-0.4, -0.2) is 28.6 Å². The molecule has 4 nitrogen and oxygen atoms in total. The Morgan fingerprint density at radius 1 is 1.38 bits per heavy atom. The van der Waals surface area contributed by atoms with Crippen LogP contribution in [0.1, 0.15) is 35.8 Å². The number of hydrogen-bond donors (Lipinski definition) is 1. The molecule has 1 fully saturated rings. The van der Waals surface area contributed by atoms with Gasteiger partial charge in [0.05, 0.1) is 12.3 Å². The second-order valence-electron chi connectivity index (χ2n) is 5.57. The number of carboxylic acid groups (broad SMARTS) is 1. The molecule has 2 atom stereocenters. The van der Waals surface area contributed by atoms with Crippen molar-refractivity contribution in [3.05, 3.63) is 59.5 Å². The summed E-state index contributed by atoms with van der Waals surface area (Å²) in [6, 6.07) is 11.4. The second kappa shape index (κ2) is 5.74. The Bertz CT molecular complexity index is 621. The monoisotopic (exact) mass is 285 g/mol. The van der Waals surface area contributed by atoms with Crippen molar-refractivity contribution in [3.8, 4) is 0 Å². The minimum Gasteiger partial charge on any atom is -0.480 e. The summed E-state index contributed by atoms with van der Waals surface area (Å²) in [6.45, 7) is 2.82. The maximum atomic E-state index is 11.5. The van der Waals surface area contributed by atoms with E-state index in [9.17, 15) is 9.90 Å². The van der Waals surface area contributed by atoms with Gasteiger partial charge in [0.2, 0.25) is 0 Å². The van der Waals surface area contributed by atoms with E-state index in [0.717, 1.165) is 29.9 Å². The highest BCUT2D eigenvalue weighted by Crippen LogP contribution is 2.35. The van der Waals surface area contributed by atoms with Gasteiger partial charge >= 0.3 is 5.97 Å². The number of hydrogen-bond acceptors (Lipinski definition) is 3. The van der Waals surface area contributed by atoms with Crippen molar-refractivity contribution in [1.82, 2.24) is 4.90 Å². The Morgan fingerprint density at radius 3 is 2.90 bits per heavy atom. The minimum atomic E-state index is -0.753. The molecular weight excluding hydrogens is 266 g/mol. The van der Waals surface area contributed by atoms with Crippen molar-refractivity contribution in [2.45, 2.75) is 31.8 Å². The summed E-state index contributed by atoms with van der Waals surface area (Å²) in [5.74, 6) is 0.0467. The molecule has 0 bridgehead atoms. The lowest BCUT2D eigenvalue weighted by molar-refractivity contribution is -0.142. The predicted octanol–water partition coefficient (Wildman–Crippen LogP) is 3.23. The predicted molar refractivity (Wildman–Crippen MR) is 79.1 cm³/mol. The van der Waals surface area contributed by atoms with E-state index in [4.69, 9.17) is 4.42 Å². The van der Waals surface area contributed by atoms with Crippen molar-refractivity contribution >= 4 is 5.97 Å². The first kappa shape index (κ1) is 13.9. The molecular formula is C17H19NO3. The Hall–Kier alpha value is -2.07. The number of nitrogens with zero attached hydrogens (tertiary/aromatic N) is 1. The third kappa shape index (κ3) is 2.72. The summed E-state index contributed by atoms with van der Waals surface area (Å²) in [5.41, 5.74) is 2.24. The quantitative estimate of drug-likeness (QED) is 0.937. The van der Waals surface area contributed by atoms with E-state index in [2.05, 4.69) is 6.07 Å². The maximum Gasteiger partial charge on any atom is 0.320 e. The second-order valence-corrected chi connectivity index (χ2v) is 5.57. The van der Waals surface area contributed by atoms with E-state index in [0.29, 0.717) is 6.42 Å². The van der Waals surface area contributed by atoms with E-state index in [1.807, 2.05) is 42.2 Å². The molecule has 110 valence electrons. The van der Waals surface area contributed by atoms with Crippen LogP contribution in [0.2, 0.25) is 0 Å². The number of aliphatic carboxylic acids is 1. The van der Waals surface area contributed by atoms with Crippen LogP contribution in [0.15, 0.2) is 47.1 Å². The standard InChI is InChI=1S/C17H19NO3/c1-12-5-2-6-13(11-12)16(15-8-4-10-21-15)18-9-3-7-14(18)17(19)20/h2,4-6,8,10-11,14,16H,3,7,9H2,1H3,(H,19,20). The number of carboxylic acids is 1. The normalized spacial score (nSPS) is 20.5. The van der Waals surface area contributed by atoms with Gasteiger partial charge in [-0.1, -0.05) is 29.8 Å². The lowest BCUT2D eigenvalue weighted by Gasteiger charge is -2.30. The van der Waals surface area contributed by atoms with Crippen LogP contribution in [-0.2, 0) is 4.79 Å². The van der Waals surface area contributed by atoms with Crippen LogP contribution in [0.4, 0.5) is 0 Å². The van der Waals surface area contributed by atoms with Crippen LogP contribution < -0.4 is 0 Å². The highest BCUT2D eigenvalue weighted by molar-refractivity contribution is 5.74. The molecule has 0 spiro atoms. The van der Waals surface area contributed by atoms with E-state index < -0.39 is 12.0 Å². The first-order valence-corrected chi connectivity index (χ1v) is 7.25. The van der Waals surface area contributed by atoms with Crippen molar-refractivity contribution < 1.29 is 14.3 Å². The van der Waals surface area contributed by atoms with Crippen molar-refractivity contribution in [2.24, 2.45) is 0 Å². The van der Waals surface area contributed by atoms with Gasteiger partial charge in [-0.25, -0.2) is 0 Å². The zero-order valence-corrected chi connectivity index (χ0v) is 12.0. The smallest absolute Gasteiger partial charge is 0.320 e. The Kier molecular flexibility index (Phi) is 3.80. The minimum absolute atomic E-state index is 0.136. The molecule has 1 aliphatic rings. The average Bonchev–Trinajstić information content (AvgIpc) is 3.10. The van der Waals surface area contributed by atoms with Gasteiger partial charge in [0.1, 0.15) is 11.8 Å². The fraction of sp³-hybridized carbons (Fsp3) is 0.353. The molecule has 3 rings (SSSR count). The fourth-order valence-corrected chi connectivity index (χ4v) is 3.17. The maximum absolute atomic E-state index is 11.5. The van der Waals surface area contributed by atoms with Gasteiger partial charge in [0.25, 0.3) is 0 Å². The van der Waals surface area contributed by atoms with Crippen LogP contribution in [0, 0.1) is 6.92 Å². The first-order valence-electron chi connectivity index (χ1n) is 7.25. The summed E-state index contributed by atoms with van der Waals surface area (Å²) >= 11 is 0. The number of aryl methyl sites for hydroxylation is 1. The van der Waals surface area contributed by atoms with Gasteiger partial charge in [-0.15, -0.1) is 0 Å². The largest absolute Gasteiger partial charge is 0.480 e. The van der Waals surface area contributed by atoms with E-state index in [1.165, 1.54) is 0 Å². The molecule has 0 radical (unpaired) electrons. The Balaban J connectivity index is 2.03. The summed E-state index contributed by atoms with van der Waals surface area (Å²) in [7, 11) is 0. The molecule has 4 heteroatoms. The molecule has 1 aromatic heterocycles. The lowest BCUT2D eigenvalue weighted by atomic mass is 10.00. The van der Waals surface area contributed by atoms with E-state index in [-0.39, 0.29) is 6.04 Å². The van der Waals surface area contributed by atoms with Gasteiger partial charge in [-0.2, -0.15) is 0 Å². The average molecular weight is 285 g/mol. The lowest BCUT2D eigenvalue weighted by Crippen LogP contribution is -2.39. The van der Waals surface area contributed by atoms with Gasteiger partial charge < -0.3 is 9.52 Å². The van der Waals surface area contributed by atoms with Gasteiger partial charge in [0, 0.05) is 6.54 Å². The number of carbonyl (C=O) groups is 1. The van der Waals surface area contributed by atoms with Crippen LogP contribution in [0.3, 0.4) is 0 Å². The van der Waals surface area contributed by atoms with Gasteiger partial charge in [-0.05, 0) is 37.5 Å². The topological polar surface area (TPSA) is 53.7 Å². The molecule has 1 N–H and O–H groups in total. The molecule has 2 unspecified atom stereocenters. The third-order valence-corrected chi connectivity index (χ3v) is 4.08. The van der Waals surface area contributed by atoms with Crippen LogP contribution >= 0.6 is 0 Å². The van der Waals surface area contributed by atoms with Crippen molar-refractivity contribution in [2.75, 3.05) is 6.54 Å². The Labute approximate surface area is 124 Å². The third-order valence-electron chi connectivity index (χ3n) is 4.08. The van der Waals surface area contributed by atoms with Crippen LogP contribution in [0.25, 0.3) is 0 Å². The summed E-state index contributed by atoms with van der Waals surface area (Å²) < 4.78 is 5.60. The van der Waals surface area contributed by atoms with Gasteiger partial charge in [0.15, 0.2) is 0 Å². The molecule has 0 saturated carbocycles. The summed E-state index contributed by atoms with van der Waals surface area (Å²) in [6.07, 6.45) is 3.24. The molecule has 2 heterocycles. The number of likely N-dealkylation sites (tertiary alicyclic amines) is 1. The SMILES string of the molecule is Cc1cccc(C(c2ccco2)N2CCCC2C(=O)O)c1. The zero-order chi connectivity index (χ0) is 14.8. The van der Waals surface area contributed by atoms with E-state index in [1.54, 1.807) is 6.26 Å². The molecule has 21 heavy (non-hydrogen) atoms. The van der Waals surface area contributed by atoms with Crippen molar-refractivity contribution in [1.29, 1.82) is 0 Å². The molecule has 1 saturated heterocycles. The first-order chi connectivity index (χ1) is 10.2. The molecule has 1 aliphatic heterocycles. The number of furan rings is 1. The molecule has 0 aliphatic carbocycles. The fourth-order valence-electron chi connectivity index (χ4n) is 3.17. The van der Waals surface area contributed by atoms with Crippen molar-refractivity contribution in [3.63, 3.8) is 0 Å². The highest BCUT2D eigenvalue weighted by atomic mass is 16.4. The molecule has 1 aromatic carbocycles. The summed E-state index contributed by atoms with van der Waals surface area (Å²) in [5, 5.41) is 9.46. The summed E-state index contributed by atoms with van der Waals surface area (Å²) in [4.78, 5) is 13.5. The van der Waals surface area contributed by atoms with E-state index >= 15 is 0 Å². The zero-order valence-electron chi connectivity index (χ0n) is 12.0. The number of rotatable bonds is 4.